The van der Waals surface area contributed by atoms with Crippen LogP contribution >= 0.6 is 11.6 Å². The highest BCUT2D eigenvalue weighted by Crippen LogP contribution is 2.47. The summed E-state index contributed by atoms with van der Waals surface area (Å²) < 4.78 is 0. The number of nitrogens with zero attached hydrogens (tertiary/aromatic N) is 2. The van der Waals surface area contributed by atoms with Gasteiger partial charge in [-0.2, -0.15) is 0 Å². The maximum Gasteiger partial charge on any atom is 0.266 e. The molecule has 0 unspecified atom stereocenters. The van der Waals surface area contributed by atoms with Gasteiger partial charge in [-0.15, -0.1) is 0 Å². The van der Waals surface area contributed by atoms with Crippen LogP contribution in [0.4, 0.5) is 11.4 Å². The van der Waals surface area contributed by atoms with Crippen molar-refractivity contribution in [2.24, 2.45) is 5.92 Å². The van der Waals surface area contributed by atoms with Crippen LogP contribution in [0.15, 0.2) is 78.9 Å². The number of hydrogen-bond acceptors (Lipinski definition) is 4. The first-order valence-corrected chi connectivity index (χ1v) is 10.1. The first-order valence-electron chi connectivity index (χ1n) is 9.75. The number of para-hydroxylation sites is 1. The molecule has 30 heavy (non-hydrogen) atoms. The number of benzene rings is 3. The number of anilines is 2. The van der Waals surface area contributed by atoms with E-state index in [0.717, 1.165) is 16.8 Å². The van der Waals surface area contributed by atoms with E-state index in [1.165, 1.54) is 4.90 Å². The molecule has 0 bridgehead atoms. The maximum atomic E-state index is 13.5. The van der Waals surface area contributed by atoms with Crippen LogP contribution in [0.3, 0.4) is 0 Å². The number of hydroxylamine groups is 1. The lowest BCUT2D eigenvalue weighted by atomic mass is 9.90. The normalized spacial score (nSPS) is 23.2. The number of aryl methyl sites for hydroxylation is 1. The smallest absolute Gasteiger partial charge is 0.266 e. The molecule has 5 nitrogen and oxygen atoms in total. The fraction of sp³-hybridized carbons (Fsp3) is 0.167. The zero-order chi connectivity index (χ0) is 20.8. The molecule has 0 radical (unpaired) electrons. The molecule has 0 saturated carbocycles. The first-order chi connectivity index (χ1) is 14.5. The number of rotatable bonds is 3. The van der Waals surface area contributed by atoms with Gasteiger partial charge in [-0.1, -0.05) is 65.7 Å². The molecular weight excluding hydrogens is 400 g/mol. The van der Waals surface area contributed by atoms with Crippen molar-refractivity contribution >= 4 is 34.8 Å². The number of amides is 2. The standard InChI is InChI=1S/C24H19ClN2O3/c1-15-10-12-16(13-11-15)21-20-22(30-27(21)18-7-3-2-4-8-18)24(29)26(23(20)28)19-9-5-6-17(25)14-19/h2-14,20-22H,1H3/t20-,21+,22+/m1/s1. The highest BCUT2D eigenvalue weighted by Gasteiger charge is 2.60. The number of carbonyl (C=O) groups excluding carboxylic acids is 2. The van der Waals surface area contributed by atoms with Crippen LogP contribution in [0.25, 0.3) is 0 Å². The van der Waals surface area contributed by atoms with Gasteiger partial charge in [-0.3, -0.25) is 14.4 Å². The molecular formula is C24H19ClN2O3. The van der Waals surface area contributed by atoms with Gasteiger partial charge in [0.25, 0.3) is 5.91 Å². The van der Waals surface area contributed by atoms with Gasteiger partial charge in [-0.25, -0.2) is 9.96 Å². The summed E-state index contributed by atoms with van der Waals surface area (Å²) in [6.07, 6.45) is -0.886. The van der Waals surface area contributed by atoms with E-state index in [0.29, 0.717) is 10.7 Å². The minimum atomic E-state index is -0.886. The van der Waals surface area contributed by atoms with Gasteiger partial charge in [0.05, 0.1) is 17.4 Å². The lowest BCUT2D eigenvalue weighted by Gasteiger charge is -2.28. The molecule has 0 aromatic heterocycles. The largest absolute Gasteiger partial charge is 0.273 e. The molecule has 3 atom stereocenters. The second kappa shape index (κ2) is 7.27. The van der Waals surface area contributed by atoms with Crippen LogP contribution in [-0.2, 0) is 14.4 Å². The molecule has 2 fully saturated rings. The van der Waals surface area contributed by atoms with E-state index in [-0.39, 0.29) is 11.8 Å². The van der Waals surface area contributed by atoms with E-state index in [2.05, 4.69) is 0 Å². The summed E-state index contributed by atoms with van der Waals surface area (Å²) in [6, 6.07) is 23.9. The Kier molecular flexibility index (Phi) is 4.57. The molecule has 6 heteroatoms. The van der Waals surface area contributed by atoms with Crippen LogP contribution in [0.2, 0.25) is 5.02 Å². The molecule has 0 N–H and O–H groups in total. The summed E-state index contributed by atoms with van der Waals surface area (Å²) in [5.41, 5.74) is 3.30. The minimum absolute atomic E-state index is 0.281. The van der Waals surface area contributed by atoms with Gasteiger partial charge in [0.15, 0.2) is 6.10 Å². The van der Waals surface area contributed by atoms with Crippen LogP contribution in [0.5, 0.6) is 0 Å². The molecule has 2 amide bonds. The molecule has 0 spiro atoms. The monoisotopic (exact) mass is 418 g/mol. The molecule has 2 aliphatic heterocycles. The number of imide groups is 1. The van der Waals surface area contributed by atoms with Crippen molar-refractivity contribution in [3.8, 4) is 0 Å². The Labute approximate surface area is 179 Å². The lowest BCUT2D eigenvalue weighted by Crippen LogP contribution is -2.37. The lowest BCUT2D eigenvalue weighted by molar-refractivity contribution is -0.126. The molecule has 0 aliphatic carbocycles. The van der Waals surface area contributed by atoms with Gasteiger partial charge in [0, 0.05) is 5.02 Å². The second-order valence-corrected chi connectivity index (χ2v) is 8.00. The molecule has 3 aromatic carbocycles. The Hall–Kier alpha value is -3.15. The van der Waals surface area contributed by atoms with E-state index in [4.69, 9.17) is 16.4 Å². The van der Waals surface area contributed by atoms with Crippen molar-refractivity contribution in [3.05, 3.63) is 95.0 Å². The number of halogens is 1. The summed E-state index contributed by atoms with van der Waals surface area (Å²) in [7, 11) is 0. The Balaban J connectivity index is 1.59. The molecule has 5 rings (SSSR count). The van der Waals surface area contributed by atoms with Gasteiger partial charge in [0.2, 0.25) is 5.91 Å². The summed E-state index contributed by atoms with van der Waals surface area (Å²) in [4.78, 5) is 34.0. The summed E-state index contributed by atoms with van der Waals surface area (Å²) in [5.74, 6) is -1.31. The van der Waals surface area contributed by atoms with Crippen molar-refractivity contribution in [1.29, 1.82) is 0 Å². The highest BCUT2D eigenvalue weighted by molar-refractivity contribution is 6.31. The maximum absolute atomic E-state index is 13.5. The van der Waals surface area contributed by atoms with E-state index in [9.17, 15) is 9.59 Å². The Morgan fingerprint density at radius 1 is 0.833 bits per heavy atom. The van der Waals surface area contributed by atoms with Gasteiger partial charge < -0.3 is 0 Å². The third-order valence-electron chi connectivity index (χ3n) is 5.61. The zero-order valence-electron chi connectivity index (χ0n) is 16.2. The van der Waals surface area contributed by atoms with Gasteiger partial charge in [0.1, 0.15) is 5.92 Å². The summed E-state index contributed by atoms with van der Waals surface area (Å²) in [6.45, 7) is 2.01. The fourth-order valence-corrected chi connectivity index (χ4v) is 4.37. The summed E-state index contributed by atoms with van der Waals surface area (Å²) in [5, 5.41) is 2.16. The van der Waals surface area contributed by atoms with Gasteiger partial charge in [-0.05, 0) is 42.8 Å². The molecule has 2 heterocycles. The van der Waals surface area contributed by atoms with E-state index < -0.39 is 18.1 Å². The zero-order valence-corrected chi connectivity index (χ0v) is 17.0. The predicted octanol–water partition coefficient (Wildman–Crippen LogP) is 4.70. The first kappa shape index (κ1) is 18.9. The molecule has 150 valence electrons. The number of hydrogen-bond donors (Lipinski definition) is 0. The highest BCUT2D eigenvalue weighted by atomic mass is 35.5. The van der Waals surface area contributed by atoms with Gasteiger partial charge >= 0.3 is 0 Å². The topological polar surface area (TPSA) is 49.9 Å². The minimum Gasteiger partial charge on any atom is -0.273 e. The second-order valence-electron chi connectivity index (χ2n) is 7.56. The Morgan fingerprint density at radius 3 is 2.23 bits per heavy atom. The Morgan fingerprint density at radius 2 is 1.53 bits per heavy atom. The van der Waals surface area contributed by atoms with E-state index >= 15 is 0 Å². The Bertz CT molecular complexity index is 1120. The number of carbonyl (C=O) groups is 2. The van der Waals surface area contributed by atoms with E-state index in [1.54, 1.807) is 29.3 Å². The fourth-order valence-electron chi connectivity index (χ4n) is 4.19. The van der Waals surface area contributed by atoms with Crippen LogP contribution < -0.4 is 9.96 Å². The van der Waals surface area contributed by atoms with Crippen LogP contribution in [-0.4, -0.2) is 17.9 Å². The van der Waals surface area contributed by atoms with Crippen molar-refractivity contribution in [2.45, 2.75) is 19.1 Å². The predicted molar refractivity (Wildman–Crippen MR) is 115 cm³/mol. The van der Waals surface area contributed by atoms with Crippen molar-refractivity contribution in [2.75, 3.05) is 9.96 Å². The molecule has 2 aliphatic rings. The average molecular weight is 419 g/mol. The van der Waals surface area contributed by atoms with E-state index in [1.807, 2.05) is 61.5 Å². The molecule has 3 aromatic rings. The average Bonchev–Trinajstić information content (AvgIpc) is 3.26. The van der Waals surface area contributed by atoms with Crippen molar-refractivity contribution < 1.29 is 14.4 Å². The third-order valence-corrected chi connectivity index (χ3v) is 5.85. The van der Waals surface area contributed by atoms with Crippen LogP contribution in [0.1, 0.15) is 17.2 Å². The quantitative estimate of drug-likeness (QED) is 0.578. The summed E-state index contributed by atoms with van der Waals surface area (Å²) >= 11 is 6.09. The molecule has 2 saturated heterocycles. The van der Waals surface area contributed by atoms with Crippen LogP contribution in [0, 0.1) is 12.8 Å². The SMILES string of the molecule is Cc1ccc([C@H]2[C@H]3C(=O)N(c4cccc(Cl)c4)C(=O)[C@H]3ON2c2ccccc2)cc1. The van der Waals surface area contributed by atoms with Crippen molar-refractivity contribution in [1.82, 2.24) is 0 Å². The van der Waals surface area contributed by atoms with Crippen molar-refractivity contribution in [3.63, 3.8) is 0 Å². The number of fused-ring (bicyclic) bond motifs is 1. The third kappa shape index (κ3) is 2.98.